The molecular formula is C16H27N3O. The number of nitrogens with two attached hydrogens (primary N) is 1. The van der Waals surface area contributed by atoms with E-state index in [4.69, 9.17) is 10.5 Å². The molecule has 0 aromatic carbocycles. The van der Waals surface area contributed by atoms with E-state index >= 15 is 0 Å². The minimum Gasteiger partial charge on any atom is -0.474 e. The zero-order valence-corrected chi connectivity index (χ0v) is 13.3. The highest BCUT2D eigenvalue weighted by Crippen LogP contribution is 2.32. The highest BCUT2D eigenvalue weighted by molar-refractivity contribution is 5.34. The first kappa shape index (κ1) is 15.1. The number of hydrogen-bond acceptors (Lipinski definition) is 4. The number of rotatable bonds is 2. The Kier molecular flexibility index (Phi) is 4.21. The molecule has 2 N–H and O–H groups in total. The first-order chi connectivity index (χ1) is 9.25. The highest BCUT2D eigenvalue weighted by Gasteiger charge is 2.27. The van der Waals surface area contributed by atoms with Gasteiger partial charge in [-0.05, 0) is 31.1 Å². The molecule has 0 amide bonds. The fourth-order valence-electron chi connectivity index (χ4n) is 2.61. The second kappa shape index (κ2) is 5.58. The van der Waals surface area contributed by atoms with E-state index in [1.807, 2.05) is 0 Å². The van der Waals surface area contributed by atoms with Gasteiger partial charge >= 0.3 is 0 Å². The maximum absolute atomic E-state index is 6.06. The summed E-state index contributed by atoms with van der Waals surface area (Å²) in [5, 5.41) is 0. The molecule has 2 rings (SSSR count). The first-order valence-electron chi connectivity index (χ1n) is 7.57. The largest absolute Gasteiger partial charge is 0.474 e. The Hall–Kier alpha value is -1.32. The van der Waals surface area contributed by atoms with Gasteiger partial charge in [-0.1, -0.05) is 34.6 Å². The van der Waals surface area contributed by atoms with Gasteiger partial charge in [-0.15, -0.1) is 0 Å². The average molecular weight is 277 g/mol. The van der Waals surface area contributed by atoms with E-state index in [1.54, 1.807) is 6.07 Å². The summed E-state index contributed by atoms with van der Waals surface area (Å²) in [7, 11) is 0. The van der Waals surface area contributed by atoms with Crippen molar-refractivity contribution >= 4 is 5.82 Å². The Bertz CT molecular complexity index is 467. The Morgan fingerprint density at radius 1 is 1.15 bits per heavy atom. The minimum atomic E-state index is -0.123. The van der Waals surface area contributed by atoms with Crippen molar-refractivity contribution in [2.24, 2.45) is 11.8 Å². The Morgan fingerprint density at radius 2 is 1.85 bits per heavy atom. The predicted octanol–water partition coefficient (Wildman–Crippen LogP) is 3.56. The highest BCUT2D eigenvalue weighted by atomic mass is 16.5. The van der Waals surface area contributed by atoms with Crippen molar-refractivity contribution in [3.8, 4) is 5.88 Å². The normalized spacial score (nSPS) is 27.4. The number of hydrogen-bond donors (Lipinski definition) is 1. The second-order valence-electron chi connectivity index (χ2n) is 7.21. The lowest BCUT2D eigenvalue weighted by Crippen LogP contribution is -2.29. The molecular weight excluding hydrogens is 250 g/mol. The number of nitrogen functional groups attached to an aromatic ring is 1. The van der Waals surface area contributed by atoms with Crippen LogP contribution in [0.1, 0.15) is 59.7 Å². The molecule has 0 radical (unpaired) electrons. The van der Waals surface area contributed by atoms with Crippen molar-refractivity contribution in [1.82, 2.24) is 9.97 Å². The molecule has 1 aliphatic rings. The summed E-state index contributed by atoms with van der Waals surface area (Å²) in [5.41, 5.74) is 5.76. The molecule has 112 valence electrons. The molecule has 0 saturated heterocycles. The summed E-state index contributed by atoms with van der Waals surface area (Å²) in [5.74, 6) is 3.33. The van der Waals surface area contributed by atoms with Gasteiger partial charge in [0.1, 0.15) is 17.7 Å². The van der Waals surface area contributed by atoms with Crippen LogP contribution in [0.3, 0.4) is 0 Å². The maximum atomic E-state index is 6.06. The van der Waals surface area contributed by atoms with E-state index in [1.165, 1.54) is 6.42 Å². The first-order valence-corrected chi connectivity index (χ1v) is 7.57. The third kappa shape index (κ3) is 3.62. The Labute approximate surface area is 122 Å². The van der Waals surface area contributed by atoms with Gasteiger partial charge in [0, 0.05) is 11.5 Å². The van der Waals surface area contributed by atoms with Crippen LogP contribution >= 0.6 is 0 Å². The van der Waals surface area contributed by atoms with Gasteiger partial charge in [-0.3, -0.25) is 0 Å². The molecule has 20 heavy (non-hydrogen) atoms. The van der Waals surface area contributed by atoms with Gasteiger partial charge in [-0.25, -0.2) is 4.98 Å². The van der Waals surface area contributed by atoms with Crippen LogP contribution in [0.5, 0.6) is 5.88 Å². The van der Waals surface area contributed by atoms with Crippen molar-refractivity contribution in [2.75, 3.05) is 5.73 Å². The third-order valence-electron chi connectivity index (χ3n) is 4.23. The van der Waals surface area contributed by atoms with Gasteiger partial charge in [-0.2, -0.15) is 4.98 Å². The van der Waals surface area contributed by atoms with Crippen LogP contribution in [0.25, 0.3) is 0 Å². The third-order valence-corrected chi connectivity index (χ3v) is 4.23. The van der Waals surface area contributed by atoms with E-state index in [0.717, 1.165) is 24.6 Å². The molecule has 1 aromatic heterocycles. The molecule has 3 atom stereocenters. The summed E-state index contributed by atoms with van der Waals surface area (Å²) in [6.07, 6.45) is 3.66. The van der Waals surface area contributed by atoms with E-state index in [2.05, 4.69) is 44.6 Å². The molecule has 1 aromatic rings. The molecule has 3 unspecified atom stereocenters. The number of nitrogens with zero attached hydrogens (tertiary/aromatic N) is 2. The molecule has 1 heterocycles. The molecule has 0 bridgehead atoms. The predicted molar refractivity (Wildman–Crippen MR) is 81.7 cm³/mol. The van der Waals surface area contributed by atoms with Gasteiger partial charge in [0.25, 0.3) is 0 Å². The van der Waals surface area contributed by atoms with Crippen molar-refractivity contribution in [2.45, 2.75) is 65.4 Å². The Morgan fingerprint density at radius 3 is 2.45 bits per heavy atom. The van der Waals surface area contributed by atoms with Gasteiger partial charge in [0.15, 0.2) is 0 Å². The van der Waals surface area contributed by atoms with Crippen molar-refractivity contribution < 1.29 is 4.74 Å². The maximum Gasteiger partial charge on any atom is 0.219 e. The lowest BCUT2D eigenvalue weighted by atomic mass is 9.80. The molecule has 1 fully saturated rings. The van der Waals surface area contributed by atoms with Crippen LogP contribution in [-0.2, 0) is 5.41 Å². The standard InChI is InChI=1S/C16H27N3O/c1-10-6-7-12(8-11(10)2)20-14-9-13(17)18-15(19-14)16(3,4)5/h9-12H,6-8H2,1-5H3,(H2,17,18,19). The van der Waals surface area contributed by atoms with E-state index < -0.39 is 0 Å². The Balaban J connectivity index is 2.12. The quantitative estimate of drug-likeness (QED) is 0.898. The lowest BCUT2D eigenvalue weighted by Gasteiger charge is -2.32. The minimum absolute atomic E-state index is 0.123. The smallest absolute Gasteiger partial charge is 0.219 e. The monoisotopic (exact) mass is 277 g/mol. The summed E-state index contributed by atoms with van der Waals surface area (Å²) >= 11 is 0. The molecule has 4 heteroatoms. The van der Waals surface area contributed by atoms with Crippen molar-refractivity contribution in [3.05, 3.63) is 11.9 Å². The van der Waals surface area contributed by atoms with Crippen LogP contribution in [0.15, 0.2) is 6.07 Å². The van der Waals surface area contributed by atoms with Crippen molar-refractivity contribution in [1.29, 1.82) is 0 Å². The second-order valence-corrected chi connectivity index (χ2v) is 7.21. The average Bonchev–Trinajstić information content (AvgIpc) is 2.32. The van der Waals surface area contributed by atoms with Crippen LogP contribution in [-0.4, -0.2) is 16.1 Å². The van der Waals surface area contributed by atoms with Crippen LogP contribution in [0.2, 0.25) is 0 Å². The molecule has 0 aliphatic heterocycles. The number of aromatic nitrogens is 2. The number of anilines is 1. The van der Waals surface area contributed by atoms with E-state index in [9.17, 15) is 0 Å². The van der Waals surface area contributed by atoms with Crippen LogP contribution < -0.4 is 10.5 Å². The van der Waals surface area contributed by atoms with Gasteiger partial charge < -0.3 is 10.5 Å². The lowest BCUT2D eigenvalue weighted by molar-refractivity contribution is 0.0959. The van der Waals surface area contributed by atoms with Gasteiger partial charge in [0.2, 0.25) is 5.88 Å². The topological polar surface area (TPSA) is 61.0 Å². The zero-order chi connectivity index (χ0) is 14.9. The zero-order valence-electron chi connectivity index (χ0n) is 13.3. The van der Waals surface area contributed by atoms with Crippen LogP contribution in [0.4, 0.5) is 5.82 Å². The molecule has 4 nitrogen and oxygen atoms in total. The van der Waals surface area contributed by atoms with E-state index in [0.29, 0.717) is 17.6 Å². The van der Waals surface area contributed by atoms with E-state index in [-0.39, 0.29) is 11.5 Å². The fourth-order valence-corrected chi connectivity index (χ4v) is 2.61. The fraction of sp³-hybridized carbons (Fsp3) is 0.750. The summed E-state index contributed by atoms with van der Waals surface area (Å²) in [4.78, 5) is 8.84. The number of ether oxygens (including phenoxy) is 1. The summed E-state index contributed by atoms with van der Waals surface area (Å²) in [6.45, 7) is 10.9. The molecule has 1 aliphatic carbocycles. The molecule has 1 saturated carbocycles. The summed E-state index contributed by atoms with van der Waals surface area (Å²) in [6, 6.07) is 1.73. The van der Waals surface area contributed by atoms with Crippen molar-refractivity contribution in [3.63, 3.8) is 0 Å². The van der Waals surface area contributed by atoms with Gasteiger partial charge in [0.05, 0.1) is 0 Å². The van der Waals surface area contributed by atoms with Crippen LogP contribution in [0, 0.1) is 11.8 Å². The SMILES string of the molecule is CC1CCC(Oc2cc(N)nc(C(C)(C)C)n2)CC1C. The molecule has 0 spiro atoms. The summed E-state index contributed by atoms with van der Waals surface area (Å²) < 4.78 is 6.06.